The van der Waals surface area contributed by atoms with Crippen molar-refractivity contribution in [3.05, 3.63) is 102 Å². The highest BCUT2D eigenvalue weighted by Crippen LogP contribution is 2.32. The normalized spacial score (nSPS) is 12.2. The molecule has 0 radical (unpaired) electrons. The highest BCUT2D eigenvalue weighted by Gasteiger charge is 2.30. The van der Waals surface area contributed by atoms with Crippen molar-refractivity contribution in [1.82, 2.24) is 10.3 Å². The summed E-state index contributed by atoms with van der Waals surface area (Å²) in [5.74, 6) is -0.798. The molecule has 1 amide bonds. The van der Waals surface area contributed by atoms with Crippen LogP contribution in [0.4, 0.5) is 13.2 Å². The number of nitrogens with zero attached hydrogens (tertiary/aromatic N) is 1. The lowest BCUT2D eigenvalue weighted by atomic mass is 10.0. The van der Waals surface area contributed by atoms with Crippen molar-refractivity contribution in [2.75, 3.05) is 6.61 Å². The van der Waals surface area contributed by atoms with Gasteiger partial charge in [-0.3, -0.25) is 9.59 Å². The van der Waals surface area contributed by atoms with Gasteiger partial charge in [0.2, 0.25) is 0 Å². The van der Waals surface area contributed by atoms with E-state index in [2.05, 4.69) is 10.3 Å². The Kier molecular flexibility index (Phi) is 7.33. The first kappa shape index (κ1) is 24.9. The number of carbonyl (C=O) groups excluding carboxylic acids is 2. The van der Waals surface area contributed by atoms with Crippen LogP contribution in [-0.2, 0) is 15.7 Å². The molecule has 5 nitrogen and oxygen atoms in total. The molecule has 0 saturated heterocycles. The average molecular weight is 492 g/mol. The second-order valence-electron chi connectivity index (χ2n) is 8.13. The Hall–Kier alpha value is -4.20. The third kappa shape index (κ3) is 5.89. The largest absolute Gasteiger partial charge is 0.466 e. The Morgan fingerprint density at radius 3 is 2.44 bits per heavy atom. The lowest BCUT2D eigenvalue weighted by Gasteiger charge is -2.19. The van der Waals surface area contributed by atoms with E-state index in [9.17, 15) is 22.8 Å². The first-order valence-electron chi connectivity index (χ1n) is 11.3. The predicted octanol–water partition coefficient (Wildman–Crippen LogP) is 6.34. The number of amides is 1. The third-order valence-corrected chi connectivity index (χ3v) is 5.62. The van der Waals surface area contributed by atoms with Gasteiger partial charge in [0, 0.05) is 16.5 Å². The van der Waals surface area contributed by atoms with Crippen LogP contribution in [0.3, 0.4) is 0 Å². The van der Waals surface area contributed by atoms with Gasteiger partial charge in [0.15, 0.2) is 0 Å². The van der Waals surface area contributed by atoms with Crippen LogP contribution in [0.5, 0.6) is 0 Å². The maximum Gasteiger partial charge on any atom is 0.416 e. The maximum atomic E-state index is 13.1. The number of hydrogen-bond acceptors (Lipinski definition) is 4. The van der Waals surface area contributed by atoms with Gasteiger partial charge in [-0.2, -0.15) is 13.2 Å². The lowest BCUT2D eigenvalue weighted by molar-refractivity contribution is -0.143. The van der Waals surface area contributed by atoms with Crippen molar-refractivity contribution in [3.63, 3.8) is 0 Å². The lowest BCUT2D eigenvalue weighted by Crippen LogP contribution is -2.30. The number of hydrogen-bond donors (Lipinski definition) is 1. The summed E-state index contributed by atoms with van der Waals surface area (Å²) in [6.07, 6.45) is -4.46. The van der Waals surface area contributed by atoms with Crippen LogP contribution in [-0.4, -0.2) is 23.5 Å². The molecule has 0 fully saturated rings. The summed E-state index contributed by atoms with van der Waals surface area (Å²) >= 11 is 0. The first-order valence-corrected chi connectivity index (χ1v) is 11.3. The van der Waals surface area contributed by atoms with Crippen molar-refractivity contribution >= 4 is 22.8 Å². The zero-order valence-corrected chi connectivity index (χ0v) is 19.4. The second kappa shape index (κ2) is 10.6. The Bertz CT molecular complexity index is 1390. The van der Waals surface area contributed by atoms with Crippen molar-refractivity contribution in [3.8, 4) is 11.3 Å². The van der Waals surface area contributed by atoms with E-state index >= 15 is 0 Å². The Morgan fingerprint density at radius 2 is 1.72 bits per heavy atom. The number of rotatable bonds is 7. The standard InChI is InChI=1S/C28H23F3N2O3/c1-2-36-26(34)17-25(18-7-4-3-5-8-18)33-27(35)21-12-14-24-20(15-21)11-13-23(32-24)19-9-6-10-22(16-19)28(29,30)31/h3-16,25H,2,17H2,1H3,(H,33,35). The Morgan fingerprint density at radius 1 is 0.944 bits per heavy atom. The molecule has 4 aromatic rings. The van der Waals surface area contributed by atoms with Crippen LogP contribution in [0.25, 0.3) is 22.2 Å². The molecular formula is C28H23F3N2O3. The number of alkyl halides is 3. The van der Waals surface area contributed by atoms with Gasteiger partial charge in [0.05, 0.1) is 35.8 Å². The average Bonchev–Trinajstić information content (AvgIpc) is 2.88. The highest BCUT2D eigenvalue weighted by atomic mass is 19.4. The van der Waals surface area contributed by atoms with Gasteiger partial charge >= 0.3 is 12.1 Å². The van der Waals surface area contributed by atoms with E-state index in [0.717, 1.165) is 17.7 Å². The van der Waals surface area contributed by atoms with Crippen LogP contribution in [0.15, 0.2) is 84.9 Å². The number of ether oxygens (including phenoxy) is 1. The van der Waals surface area contributed by atoms with E-state index in [4.69, 9.17) is 4.74 Å². The van der Waals surface area contributed by atoms with Crippen LogP contribution >= 0.6 is 0 Å². The first-order chi connectivity index (χ1) is 17.2. The van der Waals surface area contributed by atoms with Gasteiger partial charge in [-0.25, -0.2) is 4.98 Å². The predicted molar refractivity (Wildman–Crippen MR) is 130 cm³/mol. The zero-order chi connectivity index (χ0) is 25.7. The number of aromatic nitrogens is 1. The molecule has 184 valence electrons. The summed E-state index contributed by atoms with van der Waals surface area (Å²) in [7, 11) is 0. The topological polar surface area (TPSA) is 68.3 Å². The summed E-state index contributed by atoms with van der Waals surface area (Å²) in [4.78, 5) is 29.6. The van der Waals surface area contributed by atoms with Crippen LogP contribution < -0.4 is 5.32 Å². The molecule has 8 heteroatoms. The molecule has 0 aliphatic rings. The van der Waals surface area contributed by atoms with Crippen molar-refractivity contribution in [2.24, 2.45) is 0 Å². The summed E-state index contributed by atoms with van der Waals surface area (Å²) in [6, 6.07) is 21.8. The molecule has 1 aromatic heterocycles. The quantitative estimate of drug-likeness (QED) is 0.306. The minimum absolute atomic E-state index is 0.0148. The molecule has 4 rings (SSSR count). The van der Waals surface area contributed by atoms with Gasteiger partial charge in [-0.05, 0) is 48.9 Å². The smallest absolute Gasteiger partial charge is 0.416 e. The fraction of sp³-hybridized carbons (Fsp3) is 0.179. The summed E-state index contributed by atoms with van der Waals surface area (Å²) in [5, 5.41) is 3.55. The van der Waals surface area contributed by atoms with Gasteiger partial charge in [0.1, 0.15) is 0 Å². The number of benzene rings is 3. The van der Waals surface area contributed by atoms with Crippen molar-refractivity contribution in [2.45, 2.75) is 25.6 Å². The molecule has 1 atom stereocenters. The highest BCUT2D eigenvalue weighted by molar-refractivity contribution is 5.98. The van der Waals surface area contributed by atoms with E-state index in [0.29, 0.717) is 27.7 Å². The Balaban J connectivity index is 1.57. The molecule has 0 saturated carbocycles. The molecular weight excluding hydrogens is 469 g/mol. The second-order valence-corrected chi connectivity index (χ2v) is 8.13. The van der Waals surface area contributed by atoms with Gasteiger partial charge in [-0.1, -0.05) is 48.5 Å². The third-order valence-electron chi connectivity index (χ3n) is 5.62. The van der Waals surface area contributed by atoms with Gasteiger partial charge in [0.25, 0.3) is 5.91 Å². The molecule has 3 aromatic carbocycles. The molecule has 0 aliphatic carbocycles. The van der Waals surface area contributed by atoms with Crippen molar-refractivity contribution < 1.29 is 27.5 Å². The summed E-state index contributed by atoms with van der Waals surface area (Å²) < 4.78 is 44.3. The molecule has 0 spiro atoms. The summed E-state index contributed by atoms with van der Waals surface area (Å²) in [5.41, 5.74) is 1.66. The Labute approximate surface area is 205 Å². The molecule has 1 N–H and O–H groups in total. The van der Waals surface area contributed by atoms with E-state index < -0.39 is 23.8 Å². The number of esters is 1. The fourth-order valence-electron chi connectivity index (χ4n) is 3.85. The van der Waals surface area contributed by atoms with Crippen LogP contribution in [0.1, 0.15) is 40.9 Å². The molecule has 0 bridgehead atoms. The van der Waals surface area contributed by atoms with Gasteiger partial charge in [-0.15, -0.1) is 0 Å². The van der Waals surface area contributed by atoms with E-state index in [1.54, 1.807) is 43.3 Å². The number of pyridine rings is 1. The molecule has 36 heavy (non-hydrogen) atoms. The fourth-order valence-corrected chi connectivity index (χ4v) is 3.85. The molecule has 1 heterocycles. The molecule has 1 unspecified atom stereocenters. The van der Waals surface area contributed by atoms with E-state index in [1.807, 2.05) is 30.3 Å². The number of halogens is 3. The number of fused-ring (bicyclic) bond motifs is 1. The zero-order valence-electron chi connectivity index (χ0n) is 19.4. The monoisotopic (exact) mass is 492 g/mol. The minimum atomic E-state index is -4.44. The molecule has 0 aliphatic heterocycles. The maximum absolute atomic E-state index is 13.1. The summed E-state index contributed by atoms with van der Waals surface area (Å²) in [6.45, 7) is 1.96. The van der Waals surface area contributed by atoms with E-state index in [1.165, 1.54) is 6.07 Å². The van der Waals surface area contributed by atoms with Gasteiger partial charge < -0.3 is 10.1 Å². The number of carbonyl (C=O) groups is 2. The van der Waals surface area contributed by atoms with Crippen molar-refractivity contribution in [1.29, 1.82) is 0 Å². The van der Waals surface area contributed by atoms with Crippen LogP contribution in [0.2, 0.25) is 0 Å². The number of nitrogens with one attached hydrogen (secondary N) is 1. The SMILES string of the molecule is CCOC(=O)CC(NC(=O)c1ccc2nc(-c3cccc(C(F)(F)F)c3)ccc2c1)c1ccccc1. The van der Waals surface area contributed by atoms with Crippen LogP contribution in [0, 0.1) is 0 Å². The van der Waals surface area contributed by atoms with E-state index in [-0.39, 0.29) is 18.9 Å². The minimum Gasteiger partial charge on any atom is -0.466 e.